The van der Waals surface area contributed by atoms with Crippen LogP contribution in [0.2, 0.25) is 5.02 Å². The van der Waals surface area contributed by atoms with E-state index in [-0.39, 0.29) is 10.7 Å². The third kappa shape index (κ3) is 4.98. The van der Waals surface area contributed by atoms with Crippen LogP contribution in [-0.2, 0) is 0 Å². The molecule has 1 amide bonds. The Kier molecular flexibility index (Phi) is 6.83. The smallest absolute Gasteiger partial charge is 0.257 e. The van der Waals surface area contributed by atoms with Gasteiger partial charge in [0.2, 0.25) is 0 Å². The average molecular weight is 421 g/mol. The van der Waals surface area contributed by atoms with Gasteiger partial charge in [-0.2, -0.15) is 0 Å². The quantitative estimate of drug-likeness (QED) is 0.738. The van der Waals surface area contributed by atoms with Crippen LogP contribution < -0.4 is 15.5 Å². The SMILES string of the molecule is CCN1CCN(c2c(Cl)cccc2NC(=S)NC(=O)c2cccc(F)c2)CC1. The summed E-state index contributed by atoms with van der Waals surface area (Å²) in [7, 11) is 0. The third-order valence-electron chi connectivity index (χ3n) is 4.68. The van der Waals surface area contributed by atoms with Crippen molar-refractivity contribution in [1.29, 1.82) is 0 Å². The molecule has 1 aliphatic heterocycles. The van der Waals surface area contributed by atoms with Gasteiger partial charge in [-0.25, -0.2) is 4.39 Å². The molecule has 8 heteroatoms. The van der Waals surface area contributed by atoms with Crippen molar-refractivity contribution >= 4 is 46.2 Å². The van der Waals surface area contributed by atoms with Gasteiger partial charge in [-0.1, -0.05) is 30.7 Å². The van der Waals surface area contributed by atoms with Gasteiger partial charge >= 0.3 is 0 Å². The molecule has 1 saturated heterocycles. The number of hydrogen-bond donors (Lipinski definition) is 2. The number of anilines is 2. The predicted molar refractivity (Wildman–Crippen MR) is 116 cm³/mol. The molecule has 2 aromatic rings. The van der Waals surface area contributed by atoms with Gasteiger partial charge in [0.05, 0.1) is 16.4 Å². The highest BCUT2D eigenvalue weighted by atomic mass is 35.5. The number of benzene rings is 2. The van der Waals surface area contributed by atoms with Crippen molar-refractivity contribution in [2.24, 2.45) is 0 Å². The van der Waals surface area contributed by atoms with Crippen LogP contribution >= 0.6 is 23.8 Å². The van der Waals surface area contributed by atoms with Gasteiger partial charge in [0.25, 0.3) is 5.91 Å². The minimum Gasteiger partial charge on any atom is -0.366 e. The second-order valence-electron chi connectivity index (χ2n) is 6.48. The zero-order valence-corrected chi connectivity index (χ0v) is 17.1. The molecule has 3 rings (SSSR count). The first kappa shape index (κ1) is 20.5. The fraction of sp³-hybridized carbons (Fsp3) is 0.300. The van der Waals surface area contributed by atoms with Crippen molar-refractivity contribution < 1.29 is 9.18 Å². The number of nitrogens with one attached hydrogen (secondary N) is 2. The molecule has 0 bridgehead atoms. The Morgan fingerprint density at radius 3 is 2.57 bits per heavy atom. The zero-order valence-electron chi connectivity index (χ0n) is 15.5. The van der Waals surface area contributed by atoms with Crippen LogP contribution in [0.3, 0.4) is 0 Å². The molecular formula is C20H22ClFN4OS. The lowest BCUT2D eigenvalue weighted by molar-refractivity contribution is 0.0977. The Labute approximate surface area is 174 Å². The largest absolute Gasteiger partial charge is 0.366 e. The van der Waals surface area contributed by atoms with Gasteiger partial charge in [-0.3, -0.25) is 10.1 Å². The maximum Gasteiger partial charge on any atom is 0.257 e. The van der Waals surface area contributed by atoms with E-state index in [2.05, 4.69) is 27.4 Å². The van der Waals surface area contributed by atoms with E-state index in [1.807, 2.05) is 18.2 Å². The highest BCUT2D eigenvalue weighted by Crippen LogP contribution is 2.34. The van der Waals surface area contributed by atoms with Gasteiger partial charge < -0.3 is 15.1 Å². The van der Waals surface area contributed by atoms with Crippen LogP contribution in [0.4, 0.5) is 15.8 Å². The first-order chi connectivity index (χ1) is 13.5. The lowest BCUT2D eigenvalue weighted by Crippen LogP contribution is -2.46. The van der Waals surface area contributed by atoms with Crippen molar-refractivity contribution in [2.75, 3.05) is 42.9 Å². The topological polar surface area (TPSA) is 47.6 Å². The molecule has 5 nitrogen and oxygen atoms in total. The molecule has 0 radical (unpaired) electrons. The van der Waals surface area contributed by atoms with Crippen molar-refractivity contribution in [1.82, 2.24) is 10.2 Å². The molecule has 1 fully saturated rings. The molecule has 2 aromatic carbocycles. The normalized spacial score (nSPS) is 14.6. The summed E-state index contributed by atoms with van der Waals surface area (Å²) >= 11 is 11.7. The molecule has 148 valence electrons. The second-order valence-corrected chi connectivity index (χ2v) is 7.29. The fourth-order valence-electron chi connectivity index (χ4n) is 3.18. The summed E-state index contributed by atoms with van der Waals surface area (Å²) < 4.78 is 13.3. The number of para-hydroxylation sites is 1. The summed E-state index contributed by atoms with van der Waals surface area (Å²) in [4.78, 5) is 16.9. The summed E-state index contributed by atoms with van der Waals surface area (Å²) in [5.41, 5.74) is 1.79. The number of hydrogen-bond acceptors (Lipinski definition) is 4. The van der Waals surface area contributed by atoms with Gasteiger partial charge in [0, 0.05) is 31.7 Å². The van der Waals surface area contributed by atoms with E-state index in [0.29, 0.717) is 5.02 Å². The van der Waals surface area contributed by atoms with E-state index in [4.69, 9.17) is 23.8 Å². The maximum absolute atomic E-state index is 13.3. The summed E-state index contributed by atoms with van der Waals surface area (Å²) in [5, 5.41) is 6.39. The Balaban J connectivity index is 1.71. The van der Waals surface area contributed by atoms with E-state index in [1.165, 1.54) is 18.2 Å². The fourth-order valence-corrected chi connectivity index (χ4v) is 3.68. The van der Waals surface area contributed by atoms with Crippen LogP contribution in [0.5, 0.6) is 0 Å². The summed E-state index contributed by atoms with van der Waals surface area (Å²) in [6, 6.07) is 11.0. The molecule has 0 unspecified atom stereocenters. The highest BCUT2D eigenvalue weighted by Gasteiger charge is 2.21. The number of carbonyl (C=O) groups excluding carboxylic acids is 1. The second kappa shape index (κ2) is 9.32. The Morgan fingerprint density at radius 1 is 1.18 bits per heavy atom. The molecular weight excluding hydrogens is 399 g/mol. The molecule has 1 heterocycles. The van der Waals surface area contributed by atoms with Gasteiger partial charge in [0.15, 0.2) is 5.11 Å². The number of piperazine rings is 1. The summed E-state index contributed by atoms with van der Waals surface area (Å²) in [6.07, 6.45) is 0. The van der Waals surface area contributed by atoms with E-state index >= 15 is 0 Å². The minimum atomic E-state index is -0.477. The number of halogens is 2. The van der Waals surface area contributed by atoms with E-state index in [9.17, 15) is 9.18 Å². The van der Waals surface area contributed by atoms with Crippen molar-refractivity contribution in [3.8, 4) is 0 Å². The van der Waals surface area contributed by atoms with Gasteiger partial charge in [-0.05, 0) is 49.1 Å². The number of likely N-dealkylation sites (N-methyl/N-ethyl adjacent to an activating group) is 1. The molecule has 0 saturated carbocycles. The lowest BCUT2D eigenvalue weighted by atomic mass is 10.2. The van der Waals surface area contributed by atoms with Gasteiger partial charge in [-0.15, -0.1) is 0 Å². The molecule has 0 spiro atoms. The Hall–Kier alpha value is -2.22. The lowest BCUT2D eigenvalue weighted by Gasteiger charge is -2.37. The molecule has 0 aromatic heterocycles. The standard InChI is InChI=1S/C20H22ClFN4OS/c1-2-25-9-11-26(12-10-25)18-16(21)7-4-8-17(18)23-20(28)24-19(27)14-5-3-6-15(22)13-14/h3-8,13H,2,9-12H2,1H3,(H2,23,24,27,28). The summed E-state index contributed by atoms with van der Waals surface area (Å²) in [5.74, 6) is -0.952. The first-order valence-corrected chi connectivity index (χ1v) is 9.90. The van der Waals surface area contributed by atoms with Crippen LogP contribution in [-0.4, -0.2) is 48.6 Å². The van der Waals surface area contributed by atoms with Crippen molar-refractivity contribution in [3.63, 3.8) is 0 Å². The Bertz CT molecular complexity index is 871. The van der Waals surface area contributed by atoms with Crippen molar-refractivity contribution in [3.05, 3.63) is 58.9 Å². The molecule has 1 aliphatic rings. The van der Waals surface area contributed by atoms with Crippen LogP contribution in [0.25, 0.3) is 0 Å². The summed E-state index contributed by atoms with van der Waals surface area (Å²) in [6.45, 7) is 6.81. The number of amides is 1. The van der Waals surface area contributed by atoms with Gasteiger partial charge in [0.1, 0.15) is 5.82 Å². The van der Waals surface area contributed by atoms with Crippen molar-refractivity contribution in [2.45, 2.75) is 6.92 Å². The number of rotatable bonds is 4. The molecule has 2 N–H and O–H groups in total. The van der Waals surface area contributed by atoms with Crippen LogP contribution in [0, 0.1) is 5.82 Å². The monoisotopic (exact) mass is 420 g/mol. The third-order valence-corrected chi connectivity index (χ3v) is 5.19. The predicted octanol–water partition coefficient (Wildman–Crippen LogP) is 3.75. The number of nitrogens with zero attached hydrogens (tertiary/aromatic N) is 2. The van der Waals surface area contributed by atoms with Crippen LogP contribution in [0.15, 0.2) is 42.5 Å². The maximum atomic E-state index is 13.3. The number of thiocarbonyl (C=S) groups is 1. The zero-order chi connectivity index (χ0) is 20.1. The van der Waals surface area contributed by atoms with E-state index in [0.717, 1.165) is 50.2 Å². The molecule has 28 heavy (non-hydrogen) atoms. The minimum absolute atomic E-state index is 0.130. The van der Waals surface area contributed by atoms with Crippen LogP contribution in [0.1, 0.15) is 17.3 Å². The highest BCUT2D eigenvalue weighted by molar-refractivity contribution is 7.80. The Morgan fingerprint density at radius 2 is 1.89 bits per heavy atom. The molecule has 0 atom stereocenters. The number of carbonyl (C=O) groups is 1. The average Bonchev–Trinajstić information content (AvgIpc) is 2.68. The van der Waals surface area contributed by atoms with E-state index in [1.54, 1.807) is 0 Å². The van der Waals surface area contributed by atoms with E-state index < -0.39 is 11.7 Å². The molecule has 0 aliphatic carbocycles. The first-order valence-electron chi connectivity index (χ1n) is 9.11.